The van der Waals surface area contributed by atoms with Gasteiger partial charge in [-0.15, -0.1) is 0 Å². The topological polar surface area (TPSA) is 26.7 Å². The fourth-order valence-corrected chi connectivity index (χ4v) is 3.11. The number of nitrogens with zero attached hydrogens (tertiary/aromatic N) is 2. The van der Waals surface area contributed by atoms with Crippen LogP contribution in [-0.2, 0) is 0 Å². The van der Waals surface area contributed by atoms with Crippen molar-refractivity contribution in [3.63, 3.8) is 0 Å². The summed E-state index contributed by atoms with van der Waals surface area (Å²) >= 11 is 0. The third-order valence-corrected chi connectivity index (χ3v) is 4.84. The summed E-state index contributed by atoms with van der Waals surface area (Å²) in [6.07, 6.45) is 3.97. The van der Waals surface area contributed by atoms with Crippen molar-refractivity contribution in [3.8, 4) is 0 Å². The van der Waals surface area contributed by atoms with E-state index >= 15 is 0 Å². The van der Waals surface area contributed by atoms with Crippen molar-refractivity contribution in [3.05, 3.63) is 35.6 Å². The molecule has 4 heteroatoms. The highest BCUT2D eigenvalue weighted by molar-refractivity contribution is 5.18. The average Bonchev–Trinajstić information content (AvgIpc) is 2.40. The largest absolute Gasteiger partial charge is 0.388 e. The van der Waals surface area contributed by atoms with E-state index in [2.05, 4.69) is 30.9 Å². The number of halogens is 1. The molecule has 1 aliphatic rings. The summed E-state index contributed by atoms with van der Waals surface area (Å²) in [6, 6.07) is 6.12. The zero-order valence-electron chi connectivity index (χ0n) is 13.3. The van der Waals surface area contributed by atoms with E-state index in [0.717, 1.165) is 18.7 Å². The van der Waals surface area contributed by atoms with E-state index in [1.54, 1.807) is 12.1 Å². The van der Waals surface area contributed by atoms with Crippen molar-refractivity contribution in [2.24, 2.45) is 0 Å². The highest BCUT2D eigenvalue weighted by Gasteiger charge is 2.39. The van der Waals surface area contributed by atoms with Crippen LogP contribution in [0.1, 0.15) is 37.4 Å². The molecule has 2 rings (SSSR count). The van der Waals surface area contributed by atoms with Gasteiger partial charge in [-0.05, 0) is 64.5 Å². The number of rotatable bonds is 7. The minimum atomic E-state index is -0.523. The summed E-state index contributed by atoms with van der Waals surface area (Å²) in [5, 5.41) is 10.2. The number of likely N-dealkylation sites (N-methyl/N-ethyl adjacent to an activating group) is 2. The Labute approximate surface area is 127 Å². The molecule has 21 heavy (non-hydrogen) atoms. The summed E-state index contributed by atoms with van der Waals surface area (Å²) in [4.78, 5) is 4.63. The van der Waals surface area contributed by atoms with Crippen LogP contribution in [0.5, 0.6) is 0 Å². The van der Waals surface area contributed by atoms with Gasteiger partial charge in [0.1, 0.15) is 5.82 Å². The van der Waals surface area contributed by atoms with Crippen LogP contribution in [0.15, 0.2) is 24.3 Å². The molecular formula is C17H27FN2O. The van der Waals surface area contributed by atoms with E-state index in [1.807, 2.05) is 0 Å². The zero-order valence-corrected chi connectivity index (χ0v) is 13.3. The first-order valence-electron chi connectivity index (χ1n) is 7.72. The average molecular weight is 294 g/mol. The molecule has 1 aromatic carbocycles. The minimum absolute atomic E-state index is 0.263. The Morgan fingerprint density at radius 2 is 1.81 bits per heavy atom. The molecule has 118 valence electrons. The zero-order chi connectivity index (χ0) is 15.5. The van der Waals surface area contributed by atoms with Gasteiger partial charge in [0, 0.05) is 18.6 Å². The Balaban J connectivity index is 1.80. The Hall–Kier alpha value is -0.970. The SMILES string of the molecule is CN(CCC(O)c1ccc(F)cc1)CC1(N(C)C)CCC1. The molecule has 0 amide bonds. The van der Waals surface area contributed by atoms with Crippen molar-refractivity contribution in [1.82, 2.24) is 9.80 Å². The lowest BCUT2D eigenvalue weighted by Gasteiger charge is -2.49. The van der Waals surface area contributed by atoms with Crippen LogP contribution in [-0.4, -0.2) is 54.7 Å². The molecule has 1 unspecified atom stereocenters. The molecule has 0 spiro atoms. The number of hydrogen-bond acceptors (Lipinski definition) is 3. The van der Waals surface area contributed by atoms with E-state index in [0.29, 0.717) is 12.0 Å². The Bertz CT molecular complexity index is 443. The second-order valence-corrected chi connectivity index (χ2v) is 6.57. The van der Waals surface area contributed by atoms with Crippen LogP contribution >= 0.6 is 0 Å². The number of aliphatic hydroxyl groups excluding tert-OH is 1. The molecule has 0 heterocycles. The van der Waals surface area contributed by atoms with Crippen molar-refractivity contribution < 1.29 is 9.50 Å². The Morgan fingerprint density at radius 3 is 2.29 bits per heavy atom. The second kappa shape index (κ2) is 6.86. The first kappa shape index (κ1) is 16.4. The fraction of sp³-hybridized carbons (Fsp3) is 0.647. The monoisotopic (exact) mass is 294 g/mol. The third kappa shape index (κ3) is 4.02. The van der Waals surface area contributed by atoms with Gasteiger partial charge in [-0.25, -0.2) is 4.39 Å². The van der Waals surface area contributed by atoms with Crippen molar-refractivity contribution in [2.45, 2.75) is 37.3 Å². The lowest BCUT2D eigenvalue weighted by molar-refractivity contribution is 0.0239. The highest BCUT2D eigenvalue weighted by atomic mass is 19.1. The number of benzene rings is 1. The quantitative estimate of drug-likeness (QED) is 0.837. The minimum Gasteiger partial charge on any atom is -0.388 e. The van der Waals surface area contributed by atoms with E-state index in [9.17, 15) is 9.50 Å². The van der Waals surface area contributed by atoms with E-state index in [4.69, 9.17) is 0 Å². The molecule has 3 nitrogen and oxygen atoms in total. The molecule has 1 atom stereocenters. The molecule has 0 radical (unpaired) electrons. The lowest BCUT2D eigenvalue weighted by Crippen LogP contribution is -2.56. The van der Waals surface area contributed by atoms with E-state index < -0.39 is 6.10 Å². The molecular weight excluding hydrogens is 267 g/mol. The number of aliphatic hydroxyl groups is 1. The van der Waals surface area contributed by atoms with Crippen LogP contribution in [0.2, 0.25) is 0 Å². The summed E-state index contributed by atoms with van der Waals surface area (Å²) in [6.45, 7) is 1.88. The molecule has 0 bridgehead atoms. The standard InChI is InChI=1S/C17H27FN2O/c1-19(2)17(10-4-11-17)13-20(3)12-9-16(21)14-5-7-15(18)8-6-14/h5-8,16,21H,4,9-13H2,1-3H3. The van der Waals surface area contributed by atoms with Crippen molar-refractivity contribution >= 4 is 0 Å². The van der Waals surface area contributed by atoms with Gasteiger partial charge in [0.2, 0.25) is 0 Å². The fourth-order valence-electron chi connectivity index (χ4n) is 3.11. The van der Waals surface area contributed by atoms with Gasteiger partial charge in [0.25, 0.3) is 0 Å². The molecule has 0 saturated heterocycles. The van der Waals surface area contributed by atoms with E-state index in [-0.39, 0.29) is 5.82 Å². The normalized spacial score (nSPS) is 18.8. The third-order valence-electron chi connectivity index (χ3n) is 4.84. The molecule has 1 aliphatic carbocycles. The van der Waals surface area contributed by atoms with Crippen LogP contribution in [0.4, 0.5) is 4.39 Å². The first-order chi connectivity index (χ1) is 9.93. The Morgan fingerprint density at radius 1 is 1.19 bits per heavy atom. The molecule has 1 saturated carbocycles. The van der Waals surface area contributed by atoms with Gasteiger partial charge >= 0.3 is 0 Å². The predicted octanol–water partition coefficient (Wildman–Crippen LogP) is 2.67. The van der Waals surface area contributed by atoms with Crippen LogP contribution < -0.4 is 0 Å². The van der Waals surface area contributed by atoms with Gasteiger partial charge in [-0.1, -0.05) is 12.1 Å². The van der Waals surface area contributed by atoms with Crippen LogP contribution in [0, 0.1) is 5.82 Å². The van der Waals surface area contributed by atoms with Crippen LogP contribution in [0.3, 0.4) is 0 Å². The maximum Gasteiger partial charge on any atom is 0.123 e. The second-order valence-electron chi connectivity index (χ2n) is 6.57. The van der Waals surface area contributed by atoms with Crippen molar-refractivity contribution in [1.29, 1.82) is 0 Å². The Kier molecular flexibility index (Phi) is 5.36. The summed E-state index contributed by atoms with van der Waals surface area (Å²) < 4.78 is 12.9. The summed E-state index contributed by atoms with van der Waals surface area (Å²) in [5.74, 6) is -0.263. The lowest BCUT2D eigenvalue weighted by atomic mass is 9.75. The van der Waals surface area contributed by atoms with Gasteiger partial charge in [-0.2, -0.15) is 0 Å². The van der Waals surface area contributed by atoms with E-state index in [1.165, 1.54) is 31.4 Å². The van der Waals surface area contributed by atoms with Gasteiger partial charge < -0.3 is 14.9 Å². The maximum absolute atomic E-state index is 12.9. The molecule has 1 fully saturated rings. The maximum atomic E-state index is 12.9. The molecule has 0 aromatic heterocycles. The van der Waals surface area contributed by atoms with Crippen LogP contribution in [0.25, 0.3) is 0 Å². The highest BCUT2D eigenvalue weighted by Crippen LogP contribution is 2.36. The molecule has 1 N–H and O–H groups in total. The summed E-state index contributed by atoms with van der Waals surface area (Å²) in [5.41, 5.74) is 1.10. The number of hydrogen-bond donors (Lipinski definition) is 1. The van der Waals surface area contributed by atoms with Gasteiger partial charge in [0.15, 0.2) is 0 Å². The smallest absolute Gasteiger partial charge is 0.123 e. The van der Waals surface area contributed by atoms with Crippen molar-refractivity contribution in [2.75, 3.05) is 34.2 Å². The van der Waals surface area contributed by atoms with Gasteiger partial charge in [-0.3, -0.25) is 0 Å². The van der Waals surface area contributed by atoms with Gasteiger partial charge in [0.05, 0.1) is 6.10 Å². The molecule has 1 aromatic rings. The predicted molar refractivity (Wildman–Crippen MR) is 83.7 cm³/mol. The molecule has 0 aliphatic heterocycles. The summed E-state index contributed by atoms with van der Waals surface area (Å²) in [7, 11) is 6.42. The first-order valence-corrected chi connectivity index (χ1v) is 7.72.